The van der Waals surface area contributed by atoms with E-state index in [1.165, 1.54) is 16.5 Å². The van der Waals surface area contributed by atoms with Crippen molar-refractivity contribution in [1.82, 2.24) is 20.1 Å². The van der Waals surface area contributed by atoms with Gasteiger partial charge in [-0.3, -0.25) is 0 Å². The number of fused-ring (bicyclic) bond motifs is 2. The minimum Gasteiger partial charge on any atom is -0.348 e. The van der Waals surface area contributed by atoms with Gasteiger partial charge in [-0.1, -0.05) is 29.7 Å². The van der Waals surface area contributed by atoms with Gasteiger partial charge in [0.25, 0.3) is 0 Å². The zero-order valence-corrected chi connectivity index (χ0v) is 20.7. The van der Waals surface area contributed by atoms with Crippen LogP contribution in [0.5, 0.6) is 0 Å². The van der Waals surface area contributed by atoms with E-state index in [4.69, 9.17) is 11.6 Å². The predicted molar refractivity (Wildman–Crippen MR) is 138 cm³/mol. The number of amides is 2. The molecule has 0 bridgehead atoms. The second-order valence-corrected chi connectivity index (χ2v) is 9.81. The van der Waals surface area contributed by atoms with Crippen molar-refractivity contribution in [2.24, 2.45) is 0 Å². The fraction of sp³-hybridized carbons (Fsp3) is 0.393. The summed E-state index contributed by atoms with van der Waals surface area (Å²) in [6.45, 7) is 6.35. The second kappa shape index (κ2) is 9.37. The van der Waals surface area contributed by atoms with Crippen molar-refractivity contribution in [3.63, 3.8) is 0 Å². The van der Waals surface area contributed by atoms with Gasteiger partial charge >= 0.3 is 6.03 Å². The van der Waals surface area contributed by atoms with E-state index in [1.54, 1.807) is 0 Å². The Kier molecular flexibility index (Phi) is 6.29. The summed E-state index contributed by atoms with van der Waals surface area (Å²) in [5.74, 6) is 7.07. The van der Waals surface area contributed by atoms with Gasteiger partial charge in [0.05, 0.1) is 5.69 Å². The van der Waals surface area contributed by atoms with Crippen molar-refractivity contribution >= 4 is 28.5 Å². The molecule has 3 aromatic rings. The van der Waals surface area contributed by atoms with Crippen LogP contribution >= 0.6 is 11.6 Å². The van der Waals surface area contributed by atoms with Crippen LogP contribution in [0.15, 0.2) is 42.5 Å². The summed E-state index contributed by atoms with van der Waals surface area (Å²) in [6.07, 6.45) is 1.91. The number of hydrogen-bond donors (Lipinski definition) is 2. The highest BCUT2D eigenvalue weighted by Gasteiger charge is 2.40. The van der Waals surface area contributed by atoms with Gasteiger partial charge in [0.2, 0.25) is 0 Å². The molecule has 0 saturated carbocycles. The van der Waals surface area contributed by atoms with Gasteiger partial charge in [-0.05, 0) is 81.1 Å². The molecule has 2 aliphatic rings. The second-order valence-electron chi connectivity index (χ2n) is 9.38. The lowest BCUT2D eigenvalue weighted by molar-refractivity contribution is 0.124. The molecule has 0 unspecified atom stereocenters. The van der Waals surface area contributed by atoms with Crippen LogP contribution in [0.3, 0.4) is 0 Å². The van der Waals surface area contributed by atoms with Gasteiger partial charge in [0.15, 0.2) is 0 Å². The molecule has 1 saturated heterocycles. The Balaban J connectivity index is 1.46. The van der Waals surface area contributed by atoms with Gasteiger partial charge in [0.1, 0.15) is 0 Å². The summed E-state index contributed by atoms with van der Waals surface area (Å²) in [5, 5.41) is 5.32. The third-order valence-corrected chi connectivity index (χ3v) is 7.66. The summed E-state index contributed by atoms with van der Waals surface area (Å²) >= 11 is 6.02. The lowest BCUT2D eigenvalue weighted by Gasteiger charge is -2.46. The number of nitrogens with zero attached hydrogens (tertiary/aromatic N) is 2. The van der Waals surface area contributed by atoms with E-state index < -0.39 is 0 Å². The van der Waals surface area contributed by atoms with Crippen LogP contribution in [0.25, 0.3) is 10.9 Å². The van der Waals surface area contributed by atoms with Crippen molar-refractivity contribution < 1.29 is 4.79 Å². The van der Waals surface area contributed by atoms with Gasteiger partial charge < -0.3 is 20.1 Å². The number of carbonyl (C=O) groups excluding carboxylic acids is 1. The molecule has 34 heavy (non-hydrogen) atoms. The van der Waals surface area contributed by atoms with Gasteiger partial charge in [-0.2, -0.15) is 0 Å². The third-order valence-electron chi connectivity index (χ3n) is 7.40. The molecule has 0 spiro atoms. The maximum Gasteiger partial charge on any atom is 0.317 e. The fourth-order valence-corrected chi connectivity index (χ4v) is 5.81. The van der Waals surface area contributed by atoms with Crippen molar-refractivity contribution in [2.45, 2.75) is 44.7 Å². The Morgan fingerprint density at radius 3 is 2.68 bits per heavy atom. The molecular formula is C28H31ClN4O. The number of likely N-dealkylation sites (tertiary alicyclic amines) is 1. The third kappa shape index (κ3) is 4.17. The van der Waals surface area contributed by atoms with E-state index >= 15 is 0 Å². The molecule has 1 fully saturated rings. The number of carbonyl (C=O) groups is 1. The fourth-order valence-electron chi connectivity index (χ4n) is 5.69. The van der Waals surface area contributed by atoms with E-state index in [2.05, 4.69) is 52.3 Å². The molecule has 0 radical (unpaired) electrons. The highest BCUT2D eigenvalue weighted by Crippen LogP contribution is 2.44. The molecule has 1 aromatic heterocycles. The van der Waals surface area contributed by atoms with Crippen molar-refractivity contribution in [1.29, 1.82) is 0 Å². The zero-order chi connectivity index (χ0) is 23.8. The number of likely N-dealkylation sites (N-methyl/N-ethyl adjacent to an activating group) is 1. The quantitative estimate of drug-likeness (QED) is 0.526. The standard InChI is InChI=1S/C28H31ClN4O/c1-4-33(5-2)28(34)30-20-15-22-21-7-6-8-25-27(21)23(16-26(22)32(3)17-20)24(31-25)14-11-18-9-12-19(29)13-10-18/h6-10,12-13,20,22,26,31H,4-5,15-17H2,1-3H3,(H,30,34)/t20-,22+,26+/m0/s1. The van der Waals surface area contributed by atoms with E-state index in [1.807, 2.05) is 43.0 Å². The average Bonchev–Trinajstić information content (AvgIpc) is 3.19. The van der Waals surface area contributed by atoms with Crippen molar-refractivity contribution in [3.8, 4) is 11.8 Å². The molecule has 1 aliphatic carbocycles. The number of hydrogen-bond acceptors (Lipinski definition) is 2. The maximum absolute atomic E-state index is 12.7. The Morgan fingerprint density at radius 2 is 1.94 bits per heavy atom. The van der Waals surface area contributed by atoms with Crippen molar-refractivity contribution in [2.75, 3.05) is 26.7 Å². The topological polar surface area (TPSA) is 51.4 Å². The minimum absolute atomic E-state index is 0.0398. The van der Waals surface area contributed by atoms with E-state index in [0.717, 1.165) is 49.2 Å². The Hall–Kier alpha value is -2.94. The monoisotopic (exact) mass is 474 g/mol. The van der Waals surface area contributed by atoms with Gasteiger partial charge in [-0.15, -0.1) is 0 Å². The molecule has 5 nitrogen and oxygen atoms in total. The average molecular weight is 475 g/mol. The maximum atomic E-state index is 12.7. The largest absolute Gasteiger partial charge is 0.348 e. The number of halogens is 1. The number of H-pyrrole nitrogens is 1. The van der Waals surface area contributed by atoms with Crippen LogP contribution < -0.4 is 5.32 Å². The molecule has 2 aromatic carbocycles. The van der Waals surface area contributed by atoms with Crippen LogP contribution in [-0.2, 0) is 6.42 Å². The highest BCUT2D eigenvalue weighted by molar-refractivity contribution is 6.30. The summed E-state index contributed by atoms with van der Waals surface area (Å²) in [4.78, 5) is 20.6. The molecule has 3 atom stereocenters. The molecule has 176 valence electrons. The Morgan fingerprint density at radius 1 is 1.18 bits per heavy atom. The molecule has 2 amide bonds. The van der Waals surface area contributed by atoms with Crippen LogP contribution in [0.2, 0.25) is 5.02 Å². The van der Waals surface area contributed by atoms with Gasteiger partial charge in [0, 0.05) is 59.1 Å². The number of piperidine rings is 1. The first-order valence-electron chi connectivity index (χ1n) is 12.1. The number of aromatic nitrogens is 1. The lowest BCUT2D eigenvalue weighted by atomic mass is 9.73. The van der Waals surface area contributed by atoms with Crippen LogP contribution in [0.1, 0.15) is 48.6 Å². The first kappa shape index (κ1) is 22.8. The summed E-state index contributed by atoms with van der Waals surface area (Å²) < 4.78 is 0. The smallest absolute Gasteiger partial charge is 0.317 e. The normalized spacial score (nSPS) is 21.5. The van der Waals surface area contributed by atoms with Crippen LogP contribution in [0.4, 0.5) is 4.79 Å². The van der Waals surface area contributed by atoms with Gasteiger partial charge in [-0.25, -0.2) is 4.79 Å². The van der Waals surface area contributed by atoms with Crippen molar-refractivity contribution in [3.05, 3.63) is 69.9 Å². The number of benzene rings is 2. The summed E-state index contributed by atoms with van der Waals surface area (Å²) in [5.41, 5.74) is 5.77. The lowest BCUT2D eigenvalue weighted by Crippen LogP contribution is -2.56. The molecule has 2 N–H and O–H groups in total. The highest BCUT2D eigenvalue weighted by atomic mass is 35.5. The number of nitrogens with one attached hydrogen (secondary N) is 2. The Labute approximate surface area is 206 Å². The van der Waals surface area contributed by atoms with E-state index in [0.29, 0.717) is 17.0 Å². The predicted octanol–water partition coefficient (Wildman–Crippen LogP) is 4.98. The summed E-state index contributed by atoms with van der Waals surface area (Å²) in [7, 11) is 2.18. The molecule has 1 aliphatic heterocycles. The molecular weight excluding hydrogens is 444 g/mol. The SMILES string of the molecule is CCN(CC)C(=O)N[C@H]1C[C@@H]2c3cccc4[nH]c(C#Cc5ccc(Cl)cc5)c(c34)C[C@H]2N(C)C1. The molecule has 6 heteroatoms. The number of urea groups is 1. The molecule has 2 heterocycles. The number of rotatable bonds is 3. The van der Waals surface area contributed by atoms with E-state index in [9.17, 15) is 4.79 Å². The summed E-state index contributed by atoms with van der Waals surface area (Å²) in [6, 6.07) is 14.8. The van der Waals surface area contributed by atoms with E-state index in [-0.39, 0.29) is 12.1 Å². The number of aromatic amines is 1. The first-order valence-corrected chi connectivity index (χ1v) is 12.5. The zero-order valence-electron chi connectivity index (χ0n) is 20.0. The molecule has 5 rings (SSSR count). The Bertz CT molecular complexity index is 1270. The van der Waals surface area contributed by atoms with Crippen LogP contribution in [-0.4, -0.2) is 59.6 Å². The first-order chi connectivity index (χ1) is 16.5. The van der Waals surface area contributed by atoms with Crippen LogP contribution in [0, 0.1) is 11.8 Å². The minimum atomic E-state index is 0.0398.